The zero-order valence-electron chi connectivity index (χ0n) is 26.6. The van der Waals surface area contributed by atoms with Crippen LogP contribution < -0.4 is 9.47 Å². The maximum atomic E-state index is 14.0. The molecule has 3 saturated carbocycles. The van der Waals surface area contributed by atoms with E-state index in [4.69, 9.17) is 9.47 Å². The van der Waals surface area contributed by atoms with Crippen molar-refractivity contribution < 1.29 is 24.2 Å². The van der Waals surface area contributed by atoms with Crippen molar-refractivity contribution in [1.29, 1.82) is 0 Å². The maximum Gasteiger partial charge on any atom is 0.308 e. The van der Waals surface area contributed by atoms with Gasteiger partial charge in [-0.05, 0) is 82.4 Å². The van der Waals surface area contributed by atoms with E-state index in [1.54, 1.807) is 0 Å². The predicted octanol–water partition coefficient (Wildman–Crippen LogP) is 5.78. The molecule has 2 bridgehead atoms. The molecule has 0 radical (unpaired) electrons. The Morgan fingerprint density at radius 3 is 2.65 bits per heavy atom. The highest BCUT2D eigenvalue weighted by Crippen LogP contribution is 2.64. The van der Waals surface area contributed by atoms with E-state index in [1.807, 2.05) is 6.07 Å². The summed E-state index contributed by atoms with van der Waals surface area (Å²) in [6, 6.07) is 4.59. The summed E-state index contributed by atoms with van der Waals surface area (Å²) in [6.45, 7) is 7.72. The van der Waals surface area contributed by atoms with Gasteiger partial charge in [0.2, 0.25) is 5.91 Å². The molecule has 1 spiro atoms. The number of hydrogen-bond donors (Lipinski definition) is 1. The van der Waals surface area contributed by atoms with Crippen LogP contribution in [0, 0.1) is 17.8 Å². The van der Waals surface area contributed by atoms with E-state index in [0.29, 0.717) is 30.0 Å². The van der Waals surface area contributed by atoms with E-state index >= 15 is 0 Å². The molecule has 7 atom stereocenters. The largest absolute Gasteiger partial charge is 0.483 e. The fourth-order valence-electron chi connectivity index (χ4n) is 10.2. The van der Waals surface area contributed by atoms with Crippen molar-refractivity contribution in [3.8, 4) is 11.5 Å². The summed E-state index contributed by atoms with van der Waals surface area (Å²) in [5, 5.41) is 10.1. The van der Waals surface area contributed by atoms with Crippen molar-refractivity contribution in [2.24, 2.45) is 17.8 Å². The van der Waals surface area contributed by atoms with Crippen LogP contribution in [0.4, 0.5) is 0 Å². The van der Waals surface area contributed by atoms with E-state index in [1.165, 1.54) is 56.6 Å². The predicted molar refractivity (Wildman–Crippen MR) is 165 cm³/mol. The summed E-state index contributed by atoms with van der Waals surface area (Å²) in [5.41, 5.74) is 2.39. The molecule has 2 unspecified atom stereocenters. The Bertz CT molecular complexity index is 1230. The minimum Gasteiger partial charge on any atom is -0.483 e. The molecule has 6 aliphatic rings. The van der Waals surface area contributed by atoms with E-state index < -0.39 is 0 Å². The zero-order valence-corrected chi connectivity index (χ0v) is 26.6. The van der Waals surface area contributed by atoms with Gasteiger partial charge in [0.25, 0.3) is 0 Å². The number of carbonyl (C=O) groups excluding carboxylic acids is 2. The lowest BCUT2D eigenvalue weighted by Crippen LogP contribution is -2.69. The van der Waals surface area contributed by atoms with Crippen LogP contribution >= 0.6 is 0 Å². The Morgan fingerprint density at radius 2 is 1.93 bits per heavy atom. The molecule has 4 aliphatic carbocycles. The van der Waals surface area contributed by atoms with Gasteiger partial charge in [0, 0.05) is 48.9 Å². The Hall–Kier alpha value is -2.12. The average molecular weight is 593 g/mol. The molecule has 2 heterocycles. The van der Waals surface area contributed by atoms with Crippen molar-refractivity contribution in [3.05, 3.63) is 23.3 Å². The normalized spacial score (nSPS) is 34.4. The van der Waals surface area contributed by atoms with Crippen molar-refractivity contribution in [2.45, 2.75) is 146 Å². The Labute approximate surface area is 257 Å². The lowest BCUT2D eigenvalue weighted by molar-refractivity contribution is -0.146. The zero-order chi connectivity index (χ0) is 29.9. The van der Waals surface area contributed by atoms with Crippen LogP contribution in [0.3, 0.4) is 0 Å². The first-order valence-corrected chi connectivity index (χ1v) is 17.5. The molecule has 1 saturated heterocycles. The Balaban J connectivity index is 1.16. The van der Waals surface area contributed by atoms with Crippen molar-refractivity contribution in [3.63, 3.8) is 0 Å². The molecule has 43 heavy (non-hydrogen) atoms. The second-order valence-corrected chi connectivity index (χ2v) is 15.1. The summed E-state index contributed by atoms with van der Waals surface area (Å²) < 4.78 is 12.8. The Kier molecular flexibility index (Phi) is 8.03. The molecule has 1 amide bonds. The lowest BCUT2D eigenvalue weighted by Gasteiger charge is -2.61. The number of rotatable bonds is 10. The van der Waals surface area contributed by atoms with Gasteiger partial charge in [-0.15, -0.1) is 0 Å². The second kappa shape index (κ2) is 11.7. The lowest BCUT2D eigenvalue weighted by atomic mass is 9.51. The van der Waals surface area contributed by atoms with Crippen molar-refractivity contribution in [2.75, 3.05) is 13.1 Å². The van der Waals surface area contributed by atoms with Crippen molar-refractivity contribution >= 4 is 11.9 Å². The van der Waals surface area contributed by atoms with Gasteiger partial charge in [-0.2, -0.15) is 0 Å². The number of amides is 1. The number of nitrogens with zero attached hydrogens (tertiary/aromatic N) is 2. The molecule has 1 aromatic carbocycles. The quantitative estimate of drug-likeness (QED) is 0.211. The highest BCUT2D eigenvalue weighted by atomic mass is 16.6. The SMILES string of the molecule is CC(=O)Oc1ccc2c3c1O[C@H]1[C@@H](N(C(=O)CCCCC4CCCCC4)C(C)C)CC[C@H]4[C@@H](C2)N(CC2CC2O)CC[C@@]341. The first-order valence-electron chi connectivity index (χ1n) is 17.5. The van der Waals surface area contributed by atoms with Crippen LogP contribution in [0.1, 0.15) is 115 Å². The molecule has 4 fully saturated rings. The van der Waals surface area contributed by atoms with Gasteiger partial charge in [0.05, 0.1) is 12.1 Å². The van der Waals surface area contributed by atoms with Crippen LogP contribution in [0.25, 0.3) is 0 Å². The number of hydrogen-bond acceptors (Lipinski definition) is 6. The van der Waals surface area contributed by atoms with Crippen LogP contribution in [-0.4, -0.2) is 70.2 Å². The third-order valence-electron chi connectivity index (χ3n) is 12.2. The molecular weight excluding hydrogens is 540 g/mol. The highest BCUT2D eigenvalue weighted by molar-refractivity contribution is 5.77. The van der Waals surface area contributed by atoms with Crippen LogP contribution in [0.15, 0.2) is 12.1 Å². The van der Waals surface area contributed by atoms with Gasteiger partial charge in [0.1, 0.15) is 6.10 Å². The van der Waals surface area contributed by atoms with Crippen LogP contribution in [0.5, 0.6) is 11.5 Å². The van der Waals surface area contributed by atoms with Gasteiger partial charge in [-0.3, -0.25) is 14.5 Å². The molecule has 7 nitrogen and oxygen atoms in total. The molecular formula is C36H52N2O5. The smallest absolute Gasteiger partial charge is 0.308 e. The average Bonchev–Trinajstić information content (AvgIpc) is 3.56. The topological polar surface area (TPSA) is 79.3 Å². The van der Waals surface area contributed by atoms with Gasteiger partial charge in [-0.1, -0.05) is 51.0 Å². The van der Waals surface area contributed by atoms with E-state index in [-0.39, 0.29) is 41.6 Å². The van der Waals surface area contributed by atoms with Gasteiger partial charge in [0.15, 0.2) is 11.5 Å². The summed E-state index contributed by atoms with van der Waals surface area (Å²) in [5.74, 6) is 2.90. The van der Waals surface area contributed by atoms with Gasteiger partial charge in [-0.25, -0.2) is 0 Å². The second-order valence-electron chi connectivity index (χ2n) is 15.1. The standard InChI is InChI=1S/C36H52N2O5/c1-22(2)38(32(41)12-8-7-11-24-9-5-4-6-10-24)28-15-14-27-29-19-25-13-16-31(42-23(3)39)34-33(25)36(27,35(28)43-34)17-18-37(29)21-26-20-30(26)40/h13,16,22,24,26-30,35,40H,4-12,14-15,17-21H2,1-3H3/t26?,27-,28-,29+,30?,35-,36-/m0/s1. The fourth-order valence-corrected chi connectivity index (χ4v) is 10.2. The minimum absolute atomic E-state index is 0.00285. The summed E-state index contributed by atoms with van der Waals surface area (Å²) in [6.07, 6.45) is 15.5. The maximum absolute atomic E-state index is 14.0. The molecule has 2 aliphatic heterocycles. The molecule has 0 aromatic heterocycles. The monoisotopic (exact) mass is 592 g/mol. The Morgan fingerprint density at radius 1 is 1.14 bits per heavy atom. The third-order valence-corrected chi connectivity index (χ3v) is 12.2. The summed E-state index contributed by atoms with van der Waals surface area (Å²) >= 11 is 0. The van der Waals surface area contributed by atoms with E-state index in [0.717, 1.165) is 69.7 Å². The molecule has 7 rings (SSSR count). The molecule has 1 N–H and O–H groups in total. The number of ether oxygens (including phenoxy) is 2. The number of likely N-dealkylation sites (tertiary alicyclic amines) is 1. The first-order chi connectivity index (χ1) is 20.8. The summed E-state index contributed by atoms with van der Waals surface area (Å²) in [4.78, 5) is 31.0. The van der Waals surface area contributed by atoms with Gasteiger partial charge >= 0.3 is 5.97 Å². The van der Waals surface area contributed by atoms with E-state index in [2.05, 4.69) is 29.7 Å². The number of unbranched alkanes of at least 4 members (excludes halogenated alkanes) is 1. The number of aliphatic hydroxyl groups is 1. The fraction of sp³-hybridized carbons (Fsp3) is 0.778. The van der Waals surface area contributed by atoms with E-state index in [9.17, 15) is 14.7 Å². The number of aliphatic hydroxyl groups excluding tert-OH is 1. The summed E-state index contributed by atoms with van der Waals surface area (Å²) in [7, 11) is 0. The minimum atomic E-state index is -0.334. The molecule has 1 aromatic rings. The molecule has 7 heteroatoms. The van der Waals surface area contributed by atoms with Crippen LogP contribution in [-0.2, 0) is 21.4 Å². The van der Waals surface area contributed by atoms with Crippen LogP contribution in [0.2, 0.25) is 0 Å². The highest BCUT2D eigenvalue weighted by Gasteiger charge is 2.67. The van der Waals surface area contributed by atoms with Gasteiger partial charge < -0.3 is 19.5 Å². The number of carbonyl (C=O) groups is 2. The number of esters is 1. The van der Waals surface area contributed by atoms with Crippen molar-refractivity contribution in [1.82, 2.24) is 9.80 Å². The number of piperidine rings is 1. The molecule has 236 valence electrons. The third kappa shape index (κ3) is 5.20. The number of benzene rings is 1. The first kappa shape index (κ1) is 29.6.